The Morgan fingerprint density at radius 1 is 1.24 bits per heavy atom. The summed E-state index contributed by atoms with van der Waals surface area (Å²) < 4.78 is 12.9. The van der Waals surface area contributed by atoms with Crippen LogP contribution in [0.15, 0.2) is 60.3 Å². The van der Waals surface area contributed by atoms with Crippen molar-refractivity contribution in [3.8, 4) is 6.07 Å². The molecule has 0 radical (unpaired) electrons. The minimum absolute atomic E-state index is 0.0545. The molecule has 0 unspecified atom stereocenters. The minimum atomic E-state index is -0.304. The molecule has 2 aromatic carbocycles. The lowest BCUT2D eigenvalue weighted by Crippen LogP contribution is -2.36. The Morgan fingerprint density at radius 3 is 2.76 bits per heavy atom. The van der Waals surface area contributed by atoms with Gasteiger partial charge in [-0.2, -0.15) is 5.26 Å². The van der Waals surface area contributed by atoms with Crippen molar-refractivity contribution in [2.45, 2.75) is 19.4 Å². The van der Waals surface area contributed by atoms with Crippen molar-refractivity contribution in [3.05, 3.63) is 77.2 Å². The summed E-state index contributed by atoms with van der Waals surface area (Å²) in [5.74, 6) is -0.600. The molecule has 0 aliphatic carbocycles. The van der Waals surface area contributed by atoms with Gasteiger partial charge in [-0.1, -0.05) is 30.3 Å². The van der Waals surface area contributed by atoms with E-state index in [0.29, 0.717) is 13.1 Å². The van der Waals surface area contributed by atoms with Gasteiger partial charge in [-0.3, -0.25) is 4.79 Å². The van der Waals surface area contributed by atoms with E-state index in [1.54, 1.807) is 17.0 Å². The number of nitriles is 1. The average Bonchev–Trinajstić information content (AvgIpc) is 2.66. The van der Waals surface area contributed by atoms with Gasteiger partial charge in [0.2, 0.25) is 0 Å². The van der Waals surface area contributed by atoms with E-state index >= 15 is 0 Å². The molecule has 1 aliphatic heterocycles. The number of fused-ring (bicyclic) bond motifs is 1. The summed E-state index contributed by atoms with van der Waals surface area (Å²) in [6.45, 7) is 1.02. The van der Waals surface area contributed by atoms with Crippen molar-refractivity contribution < 1.29 is 9.18 Å². The summed E-state index contributed by atoms with van der Waals surface area (Å²) in [7, 11) is 0. The van der Waals surface area contributed by atoms with E-state index in [9.17, 15) is 14.4 Å². The molecule has 5 heteroatoms. The van der Waals surface area contributed by atoms with Crippen LogP contribution in [0.2, 0.25) is 0 Å². The van der Waals surface area contributed by atoms with E-state index in [0.717, 1.165) is 29.7 Å². The average molecular weight is 335 g/mol. The highest BCUT2D eigenvalue weighted by Crippen LogP contribution is 2.27. The van der Waals surface area contributed by atoms with Crippen LogP contribution in [0.5, 0.6) is 0 Å². The first kappa shape index (κ1) is 16.7. The third-order valence-corrected chi connectivity index (χ3v) is 4.17. The smallest absolute Gasteiger partial charge is 0.270 e. The number of nitrogens with one attached hydrogen (secondary N) is 1. The molecule has 126 valence electrons. The van der Waals surface area contributed by atoms with Crippen LogP contribution in [0.25, 0.3) is 0 Å². The number of rotatable bonds is 4. The SMILES string of the molecule is N#C/C(=C/NCc1ccc(F)cc1)C(=O)N1CCCc2ccccc21. The molecular weight excluding hydrogens is 317 g/mol. The molecule has 2 aromatic rings. The lowest BCUT2D eigenvalue weighted by Gasteiger charge is -2.29. The number of nitrogens with zero attached hydrogens (tertiary/aromatic N) is 2. The van der Waals surface area contributed by atoms with E-state index in [4.69, 9.17) is 0 Å². The van der Waals surface area contributed by atoms with Crippen molar-refractivity contribution in [2.75, 3.05) is 11.4 Å². The van der Waals surface area contributed by atoms with E-state index in [-0.39, 0.29) is 17.3 Å². The largest absolute Gasteiger partial charge is 0.386 e. The zero-order valence-corrected chi connectivity index (χ0v) is 13.7. The minimum Gasteiger partial charge on any atom is -0.386 e. The Kier molecular flexibility index (Phi) is 5.10. The molecular formula is C20H18FN3O. The third kappa shape index (κ3) is 3.86. The maximum atomic E-state index is 12.9. The number of amides is 1. The van der Waals surface area contributed by atoms with Crippen LogP contribution in [0.1, 0.15) is 17.5 Å². The molecule has 4 nitrogen and oxygen atoms in total. The van der Waals surface area contributed by atoms with E-state index in [1.807, 2.05) is 30.3 Å². The molecule has 25 heavy (non-hydrogen) atoms. The second-order valence-electron chi connectivity index (χ2n) is 5.87. The number of carbonyl (C=O) groups is 1. The summed E-state index contributed by atoms with van der Waals surface area (Å²) in [5, 5.41) is 12.3. The number of benzene rings is 2. The van der Waals surface area contributed by atoms with Crippen molar-refractivity contribution >= 4 is 11.6 Å². The van der Waals surface area contributed by atoms with Gasteiger partial charge in [-0.25, -0.2) is 4.39 Å². The standard InChI is InChI=1S/C20H18FN3O/c21-18-9-7-15(8-10-18)13-23-14-17(12-22)20(25)24-11-3-5-16-4-1-2-6-19(16)24/h1-2,4,6-10,14,23H,3,5,11,13H2/b17-14-. The molecule has 0 saturated heterocycles. The van der Waals surface area contributed by atoms with Gasteiger partial charge in [0, 0.05) is 25.0 Å². The number of hydrogen-bond donors (Lipinski definition) is 1. The maximum absolute atomic E-state index is 12.9. The van der Waals surface area contributed by atoms with Crippen molar-refractivity contribution in [1.82, 2.24) is 5.32 Å². The lowest BCUT2D eigenvalue weighted by molar-refractivity contribution is -0.114. The predicted octanol–water partition coefficient (Wildman–Crippen LogP) is 3.30. The quantitative estimate of drug-likeness (QED) is 0.689. The lowest BCUT2D eigenvalue weighted by atomic mass is 10.0. The fourth-order valence-corrected chi connectivity index (χ4v) is 2.91. The highest BCUT2D eigenvalue weighted by atomic mass is 19.1. The fraction of sp³-hybridized carbons (Fsp3) is 0.200. The van der Waals surface area contributed by atoms with Crippen LogP contribution in [-0.2, 0) is 17.8 Å². The molecule has 1 N–H and O–H groups in total. The summed E-state index contributed by atoms with van der Waals surface area (Å²) in [6, 6.07) is 15.8. The summed E-state index contributed by atoms with van der Waals surface area (Å²) in [6.07, 6.45) is 3.25. The van der Waals surface area contributed by atoms with Crippen LogP contribution in [0.4, 0.5) is 10.1 Å². The van der Waals surface area contributed by atoms with Crippen LogP contribution in [-0.4, -0.2) is 12.5 Å². The number of para-hydroxylation sites is 1. The van der Waals surface area contributed by atoms with Crippen LogP contribution < -0.4 is 10.2 Å². The van der Waals surface area contributed by atoms with Gasteiger partial charge < -0.3 is 10.2 Å². The van der Waals surface area contributed by atoms with E-state index in [1.165, 1.54) is 18.3 Å². The number of anilines is 1. The molecule has 0 spiro atoms. The summed E-state index contributed by atoms with van der Waals surface area (Å²) in [5.41, 5.74) is 2.92. The van der Waals surface area contributed by atoms with Crippen LogP contribution in [0.3, 0.4) is 0 Å². The Hall–Kier alpha value is -3.13. The normalized spacial score (nSPS) is 13.8. The first-order chi connectivity index (χ1) is 12.2. The van der Waals surface area contributed by atoms with Gasteiger partial charge in [0.1, 0.15) is 17.5 Å². The topological polar surface area (TPSA) is 56.1 Å². The second kappa shape index (κ2) is 7.63. The summed E-state index contributed by atoms with van der Waals surface area (Å²) >= 11 is 0. The molecule has 0 saturated carbocycles. The number of hydrogen-bond acceptors (Lipinski definition) is 3. The number of aryl methyl sites for hydroxylation is 1. The van der Waals surface area contributed by atoms with Crippen molar-refractivity contribution in [2.24, 2.45) is 0 Å². The maximum Gasteiger partial charge on any atom is 0.270 e. The Bertz CT molecular complexity index is 837. The molecule has 1 aliphatic rings. The molecule has 3 rings (SSSR count). The fourth-order valence-electron chi connectivity index (χ4n) is 2.91. The molecule has 0 atom stereocenters. The zero-order chi connectivity index (χ0) is 17.6. The third-order valence-electron chi connectivity index (χ3n) is 4.17. The number of halogens is 1. The second-order valence-corrected chi connectivity index (χ2v) is 5.87. The first-order valence-corrected chi connectivity index (χ1v) is 8.17. The van der Waals surface area contributed by atoms with Gasteiger partial charge in [-0.15, -0.1) is 0 Å². The van der Waals surface area contributed by atoms with Crippen LogP contribution >= 0.6 is 0 Å². The monoisotopic (exact) mass is 335 g/mol. The molecule has 0 aromatic heterocycles. The highest BCUT2D eigenvalue weighted by Gasteiger charge is 2.24. The molecule has 1 amide bonds. The zero-order valence-electron chi connectivity index (χ0n) is 13.7. The highest BCUT2D eigenvalue weighted by molar-refractivity contribution is 6.08. The van der Waals surface area contributed by atoms with E-state index < -0.39 is 0 Å². The van der Waals surface area contributed by atoms with Gasteiger partial charge in [0.05, 0.1) is 0 Å². The van der Waals surface area contributed by atoms with Crippen molar-refractivity contribution in [3.63, 3.8) is 0 Å². The first-order valence-electron chi connectivity index (χ1n) is 8.17. The van der Waals surface area contributed by atoms with Gasteiger partial charge in [-0.05, 0) is 42.2 Å². The van der Waals surface area contributed by atoms with Gasteiger partial charge in [0.25, 0.3) is 5.91 Å². The Balaban J connectivity index is 1.71. The van der Waals surface area contributed by atoms with Crippen LogP contribution in [0, 0.1) is 17.1 Å². The summed E-state index contributed by atoms with van der Waals surface area (Å²) in [4.78, 5) is 14.4. The molecule has 0 bridgehead atoms. The van der Waals surface area contributed by atoms with Crippen molar-refractivity contribution in [1.29, 1.82) is 5.26 Å². The predicted molar refractivity (Wildman–Crippen MR) is 94.1 cm³/mol. The van der Waals surface area contributed by atoms with Gasteiger partial charge >= 0.3 is 0 Å². The van der Waals surface area contributed by atoms with E-state index in [2.05, 4.69) is 5.32 Å². The molecule has 1 heterocycles. The Labute approximate surface area is 146 Å². The Morgan fingerprint density at radius 2 is 2.00 bits per heavy atom. The molecule has 0 fully saturated rings. The van der Waals surface area contributed by atoms with Gasteiger partial charge in [0.15, 0.2) is 0 Å². The number of carbonyl (C=O) groups excluding carboxylic acids is 1.